The molecule has 1 heterocycles. The standard InChI is InChI=1S/C13H21N3/c1-3-10(4-2)8-14-13-11-6-5-7-12(11)15-9-16-13/h9-10H,3-8H2,1-2H3,(H,14,15,16). The van der Waals surface area contributed by atoms with Gasteiger partial charge in [0, 0.05) is 17.8 Å². The Kier molecular flexibility index (Phi) is 3.75. The highest BCUT2D eigenvalue weighted by atomic mass is 15.0. The first kappa shape index (κ1) is 11.4. The van der Waals surface area contributed by atoms with E-state index in [1.165, 1.54) is 30.5 Å². The molecule has 1 aromatic rings. The summed E-state index contributed by atoms with van der Waals surface area (Å²) >= 11 is 0. The van der Waals surface area contributed by atoms with Gasteiger partial charge in [-0.05, 0) is 25.2 Å². The fourth-order valence-electron chi connectivity index (χ4n) is 2.33. The molecule has 0 atom stereocenters. The van der Waals surface area contributed by atoms with Crippen molar-refractivity contribution in [2.75, 3.05) is 11.9 Å². The molecule has 0 aliphatic heterocycles. The van der Waals surface area contributed by atoms with Crippen LogP contribution in [0, 0.1) is 5.92 Å². The van der Waals surface area contributed by atoms with Crippen LogP contribution in [0.15, 0.2) is 6.33 Å². The molecule has 0 unspecified atom stereocenters. The number of nitrogens with zero attached hydrogens (tertiary/aromatic N) is 2. The highest BCUT2D eigenvalue weighted by Gasteiger charge is 2.17. The van der Waals surface area contributed by atoms with Gasteiger partial charge in [-0.1, -0.05) is 26.7 Å². The number of aryl methyl sites for hydroxylation is 1. The maximum absolute atomic E-state index is 4.37. The van der Waals surface area contributed by atoms with Gasteiger partial charge in [0.2, 0.25) is 0 Å². The lowest BCUT2D eigenvalue weighted by molar-refractivity contribution is 0.518. The molecule has 3 heteroatoms. The lowest BCUT2D eigenvalue weighted by atomic mass is 10.0. The summed E-state index contributed by atoms with van der Waals surface area (Å²) in [5, 5.41) is 3.50. The Hall–Kier alpha value is -1.12. The summed E-state index contributed by atoms with van der Waals surface area (Å²) in [6.07, 6.45) is 7.65. The van der Waals surface area contributed by atoms with Crippen LogP contribution < -0.4 is 5.32 Å². The van der Waals surface area contributed by atoms with E-state index in [4.69, 9.17) is 0 Å². The molecule has 1 aromatic heterocycles. The van der Waals surface area contributed by atoms with Crippen molar-refractivity contribution in [2.45, 2.75) is 46.0 Å². The molecule has 0 spiro atoms. The third-order valence-electron chi connectivity index (χ3n) is 3.59. The van der Waals surface area contributed by atoms with E-state index in [0.717, 1.165) is 31.1 Å². The molecule has 0 aromatic carbocycles. The number of aromatic nitrogens is 2. The molecule has 0 amide bonds. The van der Waals surface area contributed by atoms with E-state index in [-0.39, 0.29) is 0 Å². The van der Waals surface area contributed by atoms with E-state index < -0.39 is 0 Å². The van der Waals surface area contributed by atoms with Crippen LogP contribution in [0.1, 0.15) is 44.4 Å². The van der Waals surface area contributed by atoms with Crippen molar-refractivity contribution in [2.24, 2.45) is 5.92 Å². The van der Waals surface area contributed by atoms with Gasteiger partial charge in [0.25, 0.3) is 0 Å². The van der Waals surface area contributed by atoms with Crippen LogP contribution in [0.4, 0.5) is 5.82 Å². The predicted octanol–water partition coefficient (Wildman–Crippen LogP) is 2.81. The maximum Gasteiger partial charge on any atom is 0.132 e. The Labute approximate surface area is 97.7 Å². The van der Waals surface area contributed by atoms with Crippen molar-refractivity contribution in [3.63, 3.8) is 0 Å². The zero-order valence-corrected chi connectivity index (χ0v) is 10.3. The number of hydrogen-bond donors (Lipinski definition) is 1. The number of anilines is 1. The summed E-state index contributed by atoms with van der Waals surface area (Å²) in [6.45, 7) is 5.54. The molecule has 1 N–H and O–H groups in total. The van der Waals surface area contributed by atoms with Gasteiger partial charge in [0.1, 0.15) is 12.1 Å². The van der Waals surface area contributed by atoms with Gasteiger partial charge in [-0.3, -0.25) is 0 Å². The quantitative estimate of drug-likeness (QED) is 0.827. The van der Waals surface area contributed by atoms with E-state index >= 15 is 0 Å². The molecule has 88 valence electrons. The highest BCUT2D eigenvalue weighted by molar-refractivity contribution is 5.47. The number of rotatable bonds is 5. The van der Waals surface area contributed by atoms with E-state index in [1.807, 2.05) is 0 Å². The summed E-state index contributed by atoms with van der Waals surface area (Å²) in [5.41, 5.74) is 2.61. The largest absolute Gasteiger partial charge is 0.369 e. The van der Waals surface area contributed by atoms with Gasteiger partial charge in [0.05, 0.1) is 0 Å². The van der Waals surface area contributed by atoms with Crippen LogP contribution in [0.2, 0.25) is 0 Å². The average Bonchev–Trinajstić information content (AvgIpc) is 2.79. The Morgan fingerprint density at radius 3 is 2.81 bits per heavy atom. The number of nitrogens with one attached hydrogen (secondary N) is 1. The van der Waals surface area contributed by atoms with Crippen LogP contribution in [0.25, 0.3) is 0 Å². The first-order chi connectivity index (χ1) is 7.85. The summed E-state index contributed by atoms with van der Waals surface area (Å²) in [7, 11) is 0. The Balaban J connectivity index is 2.02. The van der Waals surface area contributed by atoms with Crippen molar-refractivity contribution < 1.29 is 0 Å². The Bertz CT molecular complexity index is 345. The molecule has 0 saturated carbocycles. The SMILES string of the molecule is CCC(CC)CNc1ncnc2c1CCC2. The zero-order chi connectivity index (χ0) is 11.4. The van der Waals surface area contributed by atoms with Crippen molar-refractivity contribution in [3.8, 4) is 0 Å². The van der Waals surface area contributed by atoms with Gasteiger partial charge in [0.15, 0.2) is 0 Å². The van der Waals surface area contributed by atoms with E-state index in [1.54, 1.807) is 6.33 Å². The van der Waals surface area contributed by atoms with E-state index in [0.29, 0.717) is 0 Å². The second-order valence-corrected chi connectivity index (χ2v) is 4.56. The first-order valence-electron chi connectivity index (χ1n) is 6.41. The predicted molar refractivity (Wildman–Crippen MR) is 66.6 cm³/mol. The second kappa shape index (κ2) is 5.28. The normalized spacial score (nSPS) is 14.2. The minimum atomic E-state index is 0.756. The van der Waals surface area contributed by atoms with E-state index in [2.05, 4.69) is 29.1 Å². The molecule has 0 saturated heterocycles. The molecule has 16 heavy (non-hydrogen) atoms. The van der Waals surface area contributed by atoms with Crippen molar-refractivity contribution in [1.29, 1.82) is 0 Å². The molecular formula is C13H21N3. The average molecular weight is 219 g/mol. The summed E-state index contributed by atoms with van der Waals surface area (Å²) in [6, 6.07) is 0. The lowest BCUT2D eigenvalue weighted by Gasteiger charge is -2.15. The molecule has 1 aliphatic rings. The Morgan fingerprint density at radius 1 is 1.25 bits per heavy atom. The van der Waals surface area contributed by atoms with Crippen LogP contribution >= 0.6 is 0 Å². The van der Waals surface area contributed by atoms with Crippen LogP contribution in [0.5, 0.6) is 0 Å². The molecule has 0 radical (unpaired) electrons. The molecule has 0 bridgehead atoms. The number of hydrogen-bond acceptors (Lipinski definition) is 3. The zero-order valence-electron chi connectivity index (χ0n) is 10.3. The fraction of sp³-hybridized carbons (Fsp3) is 0.692. The van der Waals surface area contributed by atoms with Crippen LogP contribution in [0.3, 0.4) is 0 Å². The van der Waals surface area contributed by atoms with Gasteiger partial charge >= 0.3 is 0 Å². The number of fused-ring (bicyclic) bond motifs is 1. The van der Waals surface area contributed by atoms with Crippen LogP contribution in [-0.4, -0.2) is 16.5 Å². The molecule has 3 nitrogen and oxygen atoms in total. The molecule has 0 fully saturated rings. The molecule has 2 rings (SSSR count). The topological polar surface area (TPSA) is 37.8 Å². The van der Waals surface area contributed by atoms with Gasteiger partial charge in [-0.25, -0.2) is 9.97 Å². The lowest BCUT2D eigenvalue weighted by Crippen LogP contribution is -2.15. The first-order valence-corrected chi connectivity index (χ1v) is 6.41. The molecule has 1 aliphatic carbocycles. The minimum Gasteiger partial charge on any atom is -0.369 e. The Morgan fingerprint density at radius 2 is 2.06 bits per heavy atom. The smallest absolute Gasteiger partial charge is 0.132 e. The summed E-state index contributed by atoms with van der Waals surface area (Å²) in [4.78, 5) is 8.70. The van der Waals surface area contributed by atoms with Crippen molar-refractivity contribution in [3.05, 3.63) is 17.6 Å². The summed E-state index contributed by atoms with van der Waals surface area (Å²) < 4.78 is 0. The third kappa shape index (κ3) is 2.34. The monoisotopic (exact) mass is 219 g/mol. The van der Waals surface area contributed by atoms with Gasteiger partial charge < -0.3 is 5.32 Å². The van der Waals surface area contributed by atoms with Crippen molar-refractivity contribution >= 4 is 5.82 Å². The van der Waals surface area contributed by atoms with E-state index in [9.17, 15) is 0 Å². The maximum atomic E-state index is 4.37. The van der Waals surface area contributed by atoms with Gasteiger partial charge in [-0.2, -0.15) is 0 Å². The van der Waals surface area contributed by atoms with Gasteiger partial charge in [-0.15, -0.1) is 0 Å². The fourth-order valence-corrected chi connectivity index (χ4v) is 2.33. The third-order valence-corrected chi connectivity index (χ3v) is 3.59. The van der Waals surface area contributed by atoms with Crippen LogP contribution in [-0.2, 0) is 12.8 Å². The minimum absolute atomic E-state index is 0.756. The summed E-state index contributed by atoms with van der Waals surface area (Å²) in [5.74, 6) is 1.83. The molecular weight excluding hydrogens is 198 g/mol. The second-order valence-electron chi connectivity index (χ2n) is 4.56. The van der Waals surface area contributed by atoms with Crippen molar-refractivity contribution in [1.82, 2.24) is 9.97 Å². The highest BCUT2D eigenvalue weighted by Crippen LogP contribution is 2.25.